The van der Waals surface area contributed by atoms with Gasteiger partial charge in [-0.1, -0.05) is 12.1 Å². The monoisotopic (exact) mass is 554 g/mol. The number of halogens is 2. The number of aromatic nitrogens is 3. The zero-order valence-corrected chi connectivity index (χ0v) is 23.0. The molecule has 0 saturated carbocycles. The second-order valence-electron chi connectivity index (χ2n) is 9.04. The normalized spacial score (nSPS) is 14.7. The van der Waals surface area contributed by atoms with Crippen molar-refractivity contribution < 1.29 is 13.5 Å². The maximum Gasteiger partial charge on any atom is 0.194 e. The van der Waals surface area contributed by atoms with E-state index in [0.29, 0.717) is 23.0 Å². The fourth-order valence-corrected chi connectivity index (χ4v) is 4.43. The molecule has 3 aromatic heterocycles. The number of nitrogens with zero attached hydrogens (tertiary/aromatic N) is 5. The van der Waals surface area contributed by atoms with Crippen LogP contribution >= 0.6 is 11.3 Å². The number of benzene rings is 1. The molecule has 1 saturated heterocycles. The molecule has 0 radical (unpaired) electrons. The van der Waals surface area contributed by atoms with Crippen molar-refractivity contribution in [3.63, 3.8) is 0 Å². The van der Waals surface area contributed by atoms with E-state index in [1.807, 2.05) is 35.9 Å². The van der Waals surface area contributed by atoms with Crippen molar-refractivity contribution in [3.05, 3.63) is 76.0 Å². The van der Waals surface area contributed by atoms with Crippen molar-refractivity contribution in [2.75, 3.05) is 45.3 Å². The summed E-state index contributed by atoms with van der Waals surface area (Å²) < 4.78 is 34.8. The average Bonchev–Trinajstić information content (AvgIpc) is 3.69. The van der Waals surface area contributed by atoms with Crippen LogP contribution in [0.5, 0.6) is 5.75 Å². The molecule has 0 bridgehead atoms. The summed E-state index contributed by atoms with van der Waals surface area (Å²) in [6.07, 6.45) is 1.72. The second-order valence-corrected chi connectivity index (χ2v) is 9.85. The minimum Gasteiger partial charge on any atom is -0.465 e. The van der Waals surface area contributed by atoms with Gasteiger partial charge in [0.15, 0.2) is 29.9 Å². The van der Waals surface area contributed by atoms with E-state index in [0.717, 1.165) is 37.6 Å². The van der Waals surface area contributed by atoms with Crippen molar-refractivity contribution in [2.24, 2.45) is 9.98 Å². The predicted octanol–water partition coefficient (Wildman–Crippen LogP) is 5.17. The van der Waals surface area contributed by atoms with Crippen molar-refractivity contribution >= 4 is 40.6 Å². The summed E-state index contributed by atoms with van der Waals surface area (Å²) in [6.45, 7) is 10.2. The number of thiophene rings is 1. The molecule has 206 valence electrons. The molecule has 0 aliphatic carbocycles. The number of amidine groups is 1. The SMILES string of the molecule is C=N/C(=C\C(=N/COc1c(F)cc2[nH]c(C)cc2c1F)N1CCN(C)CC1)Nc1cc(C)[nH]n1.c1ccsc1. The quantitative estimate of drug-likeness (QED) is 0.216. The molecule has 0 unspecified atom stereocenters. The Balaban J connectivity index is 0.000000634. The standard InChI is InChI=1S/C23H28F2N8O.C4H4S/c1-14-9-16-18(28-14)11-17(24)23(22(16)25)34-13-27-21(33-7-5-32(4)6-8-33)12-19(26-3)29-20-10-15(2)30-31-20;1-2-4-5-3-1/h9-12,28H,3,5-8,13H2,1-2,4H3,(H2,29,30,31);1-4H/b19-12+,27-21+;. The van der Waals surface area contributed by atoms with Crippen LogP contribution in [0.25, 0.3) is 10.9 Å². The zero-order valence-electron chi connectivity index (χ0n) is 22.2. The molecule has 3 N–H and O–H groups in total. The lowest BCUT2D eigenvalue weighted by atomic mass is 10.2. The minimum absolute atomic E-state index is 0.271. The summed E-state index contributed by atoms with van der Waals surface area (Å²) in [7, 11) is 2.05. The Bertz CT molecular complexity index is 1420. The van der Waals surface area contributed by atoms with Crippen LogP contribution < -0.4 is 10.1 Å². The van der Waals surface area contributed by atoms with Crippen LogP contribution in [0, 0.1) is 25.5 Å². The number of rotatable bonds is 7. The highest BCUT2D eigenvalue weighted by Gasteiger charge is 2.19. The number of aromatic amines is 2. The predicted molar refractivity (Wildman–Crippen MR) is 154 cm³/mol. The number of H-pyrrole nitrogens is 2. The summed E-state index contributed by atoms with van der Waals surface area (Å²) in [5.74, 6) is -0.410. The smallest absolute Gasteiger partial charge is 0.194 e. The molecule has 1 aromatic carbocycles. The average molecular weight is 555 g/mol. The molecule has 4 heterocycles. The van der Waals surface area contributed by atoms with Gasteiger partial charge in [-0.05, 0) is 44.4 Å². The summed E-state index contributed by atoms with van der Waals surface area (Å²) in [6, 6.07) is 8.71. The maximum absolute atomic E-state index is 14.9. The number of hydrogen-bond acceptors (Lipinski definition) is 7. The topological polar surface area (TPSA) is 96.9 Å². The fraction of sp³-hybridized carbons (Fsp3) is 0.296. The number of aliphatic imine (C=N–C) groups is 2. The first-order valence-electron chi connectivity index (χ1n) is 12.4. The van der Waals surface area contributed by atoms with Crippen molar-refractivity contribution in [3.8, 4) is 5.75 Å². The van der Waals surface area contributed by atoms with Crippen LogP contribution in [0.4, 0.5) is 14.6 Å². The van der Waals surface area contributed by atoms with Crippen LogP contribution in [0.3, 0.4) is 0 Å². The van der Waals surface area contributed by atoms with Gasteiger partial charge in [-0.2, -0.15) is 16.4 Å². The molecule has 0 spiro atoms. The Hall–Kier alpha value is -4.03. The second kappa shape index (κ2) is 13.2. The third kappa shape index (κ3) is 7.52. The highest BCUT2D eigenvalue weighted by Crippen LogP contribution is 2.30. The van der Waals surface area contributed by atoms with Gasteiger partial charge >= 0.3 is 0 Å². The van der Waals surface area contributed by atoms with E-state index in [4.69, 9.17) is 4.74 Å². The molecule has 0 atom stereocenters. The van der Waals surface area contributed by atoms with Gasteiger partial charge in [0.05, 0.1) is 5.52 Å². The molecule has 39 heavy (non-hydrogen) atoms. The Labute approximate surface area is 229 Å². The highest BCUT2D eigenvalue weighted by molar-refractivity contribution is 7.07. The van der Waals surface area contributed by atoms with Crippen molar-refractivity contribution in [1.29, 1.82) is 0 Å². The molecule has 1 fully saturated rings. The summed E-state index contributed by atoms with van der Waals surface area (Å²) >= 11 is 1.71. The van der Waals surface area contributed by atoms with Gasteiger partial charge < -0.3 is 24.8 Å². The number of nitrogens with one attached hydrogen (secondary N) is 3. The third-order valence-corrected chi connectivity index (χ3v) is 6.62. The van der Waals surface area contributed by atoms with Gasteiger partial charge in [0.1, 0.15) is 11.7 Å². The Kier molecular flexibility index (Phi) is 9.45. The number of hydrogen-bond donors (Lipinski definition) is 3. The number of fused-ring (bicyclic) bond motifs is 1. The highest BCUT2D eigenvalue weighted by atomic mass is 32.1. The molecular formula is C27H32F2N8OS. The van der Waals surface area contributed by atoms with E-state index in [2.05, 4.69) is 54.0 Å². The number of aryl methyl sites for hydroxylation is 2. The number of piperazine rings is 1. The molecular weight excluding hydrogens is 522 g/mol. The molecule has 0 amide bonds. The van der Waals surface area contributed by atoms with Crippen LogP contribution in [0.2, 0.25) is 0 Å². The van der Waals surface area contributed by atoms with E-state index in [9.17, 15) is 8.78 Å². The molecule has 12 heteroatoms. The van der Waals surface area contributed by atoms with Crippen LogP contribution in [0.1, 0.15) is 11.4 Å². The molecule has 5 rings (SSSR count). The number of ether oxygens (including phenoxy) is 1. The fourth-order valence-electron chi connectivity index (χ4n) is 3.98. The summed E-state index contributed by atoms with van der Waals surface area (Å²) in [5, 5.41) is 14.4. The first-order chi connectivity index (χ1) is 18.8. The molecule has 9 nitrogen and oxygen atoms in total. The lowest BCUT2D eigenvalue weighted by Crippen LogP contribution is -2.47. The van der Waals surface area contributed by atoms with Crippen molar-refractivity contribution in [1.82, 2.24) is 25.0 Å². The largest absolute Gasteiger partial charge is 0.465 e. The van der Waals surface area contributed by atoms with Crippen molar-refractivity contribution in [2.45, 2.75) is 13.8 Å². The lowest BCUT2D eigenvalue weighted by molar-refractivity contribution is 0.214. The first kappa shape index (κ1) is 28.0. The van der Waals surface area contributed by atoms with Gasteiger partial charge in [0.2, 0.25) is 0 Å². The molecule has 4 aromatic rings. The van der Waals surface area contributed by atoms with Gasteiger partial charge in [-0.15, -0.1) is 0 Å². The van der Waals surface area contributed by atoms with Gasteiger partial charge in [0.25, 0.3) is 0 Å². The zero-order chi connectivity index (χ0) is 27.8. The molecule has 1 aliphatic heterocycles. The molecule has 1 aliphatic rings. The Morgan fingerprint density at radius 2 is 1.90 bits per heavy atom. The van der Waals surface area contributed by atoms with E-state index in [-0.39, 0.29) is 12.1 Å². The summed E-state index contributed by atoms with van der Waals surface area (Å²) in [5.41, 5.74) is 2.01. The van der Waals surface area contributed by atoms with E-state index < -0.39 is 17.4 Å². The van der Waals surface area contributed by atoms with Gasteiger partial charge in [-0.25, -0.2) is 18.8 Å². The Morgan fingerprint density at radius 3 is 2.51 bits per heavy atom. The maximum atomic E-state index is 14.9. The minimum atomic E-state index is -0.789. The van der Waals surface area contributed by atoms with Crippen LogP contribution in [0.15, 0.2) is 63.0 Å². The summed E-state index contributed by atoms with van der Waals surface area (Å²) in [4.78, 5) is 15.7. The number of anilines is 1. The number of likely N-dealkylation sites (N-methyl/N-ethyl adjacent to an activating group) is 1. The van der Waals surface area contributed by atoms with Gasteiger partial charge in [-0.3, -0.25) is 5.10 Å². The van der Waals surface area contributed by atoms with Crippen LogP contribution in [-0.2, 0) is 0 Å². The van der Waals surface area contributed by atoms with Crippen LogP contribution in [-0.4, -0.2) is 77.5 Å². The van der Waals surface area contributed by atoms with E-state index in [1.54, 1.807) is 30.4 Å². The van der Waals surface area contributed by atoms with E-state index in [1.165, 1.54) is 6.07 Å². The lowest BCUT2D eigenvalue weighted by Gasteiger charge is -2.33. The third-order valence-electron chi connectivity index (χ3n) is 5.99. The first-order valence-corrected chi connectivity index (χ1v) is 13.3. The van der Waals surface area contributed by atoms with E-state index >= 15 is 0 Å². The Morgan fingerprint density at radius 1 is 1.15 bits per heavy atom. The van der Waals surface area contributed by atoms with Gasteiger partial charge in [0, 0.05) is 61.2 Å².